The third-order valence-corrected chi connectivity index (χ3v) is 4.07. The van der Waals surface area contributed by atoms with Gasteiger partial charge < -0.3 is 5.11 Å². The van der Waals surface area contributed by atoms with Crippen molar-refractivity contribution in [3.63, 3.8) is 0 Å². The number of halogens is 2. The quantitative estimate of drug-likeness (QED) is 0.480. The number of anilines is 1. The highest BCUT2D eigenvalue weighted by Gasteiger charge is 2.35. The first-order valence-electron chi connectivity index (χ1n) is 7.03. The summed E-state index contributed by atoms with van der Waals surface area (Å²) >= 11 is 10.8. The standard InChI is InChI=1S/C17H10ClFN2O3S/c18-11-8-9(5-6-14(11)22)7-10-15(23)20-17(25)21(16(10)24)13-4-2-1-3-12(13)19/h1-8,22H,(H,20,23,25). The van der Waals surface area contributed by atoms with E-state index in [1.807, 2.05) is 0 Å². The molecule has 8 heteroatoms. The fourth-order valence-electron chi connectivity index (χ4n) is 2.29. The van der Waals surface area contributed by atoms with Gasteiger partial charge in [0.15, 0.2) is 5.11 Å². The Balaban J connectivity index is 2.05. The molecule has 1 saturated heterocycles. The summed E-state index contributed by atoms with van der Waals surface area (Å²) in [6, 6.07) is 9.80. The fourth-order valence-corrected chi connectivity index (χ4v) is 2.75. The van der Waals surface area contributed by atoms with Crippen LogP contribution in [-0.2, 0) is 9.59 Å². The molecule has 1 aliphatic heterocycles. The van der Waals surface area contributed by atoms with Crippen LogP contribution in [0.4, 0.5) is 10.1 Å². The molecule has 0 radical (unpaired) electrons. The number of para-hydroxylation sites is 1. The van der Waals surface area contributed by atoms with Gasteiger partial charge >= 0.3 is 0 Å². The van der Waals surface area contributed by atoms with Crippen molar-refractivity contribution in [3.05, 3.63) is 64.4 Å². The fraction of sp³-hybridized carbons (Fsp3) is 0. The Labute approximate surface area is 152 Å². The molecule has 2 aromatic rings. The zero-order valence-corrected chi connectivity index (χ0v) is 14.1. The molecule has 1 fully saturated rings. The Kier molecular flexibility index (Phi) is 4.52. The number of nitrogens with one attached hydrogen (secondary N) is 1. The first kappa shape index (κ1) is 17.1. The maximum Gasteiger partial charge on any atom is 0.270 e. The summed E-state index contributed by atoms with van der Waals surface area (Å²) in [6.07, 6.45) is 1.29. The second-order valence-electron chi connectivity index (χ2n) is 5.12. The van der Waals surface area contributed by atoms with E-state index in [0.717, 1.165) is 4.90 Å². The predicted octanol–water partition coefficient (Wildman–Crippen LogP) is 3.02. The van der Waals surface area contributed by atoms with Crippen LogP contribution in [0.5, 0.6) is 5.75 Å². The second kappa shape index (κ2) is 6.62. The first-order valence-corrected chi connectivity index (χ1v) is 7.81. The SMILES string of the molecule is O=C1NC(=S)N(c2ccccc2F)C(=O)C1=Cc1ccc(O)c(Cl)c1. The van der Waals surface area contributed by atoms with Crippen molar-refractivity contribution >= 4 is 52.5 Å². The number of hydrogen-bond donors (Lipinski definition) is 2. The molecule has 2 aromatic carbocycles. The van der Waals surface area contributed by atoms with Crippen molar-refractivity contribution in [2.75, 3.05) is 4.90 Å². The molecule has 0 aromatic heterocycles. The number of thiocarbonyl (C=S) groups is 1. The van der Waals surface area contributed by atoms with E-state index in [1.54, 1.807) is 6.07 Å². The lowest BCUT2D eigenvalue weighted by atomic mass is 10.1. The molecule has 25 heavy (non-hydrogen) atoms. The molecule has 5 nitrogen and oxygen atoms in total. The van der Waals surface area contributed by atoms with E-state index >= 15 is 0 Å². The number of nitrogens with zero attached hydrogens (tertiary/aromatic N) is 1. The van der Waals surface area contributed by atoms with Crippen molar-refractivity contribution < 1.29 is 19.1 Å². The minimum atomic E-state index is -0.761. The summed E-state index contributed by atoms with van der Waals surface area (Å²) in [5, 5.41) is 11.7. The third-order valence-electron chi connectivity index (χ3n) is 3.48. The van der Waals surface area contributed by atoms with Gasteiger partial charge in [0.25, 0.3) is 11.8 Å². The highest BCUT2D eigenvalue weighted by molar-refractivity contribution is 7.80. The molecular formula is C17H10ClFN2O3S. The Morgan fingerprint density at radius 1 is 1.20 bits per heavy atom. The maximum absolute atomic E-state index is 14.0. The number of amides is 2. The van der Waals surface area contributed by atoms with E-state index < -0.39 is 17.6 Å². The van der Waals surface area contributed by atoms with E-state index in [2.05, 4.69) is 5.32 Å². The van der Waals surface area contributed by atoms with Gasteiger partial charge in [-0.1, -0.05) is 29.8 Å². The van der Waals surface area contributed by atoms with Crippen LogP contribution in [-0.4, -0.2) is 22.0 Å². The molecule has 0 unspecified atom stereocenters. The normalized spacial score (nSPS) is 16.3. The number of rotatable bonds is 2. The number of phenols is 1. The number of benzene rings is 2. The lowest BCUT2D eigenvalue weighted by Crippen LogP contribution is -2.54. The summed E-state index contributed by atoms with van der Waals surface area (Å²) < 4.78 is 14.0. The van der Waals surface area contributed by atoms with Crippen LogP contribution in [0.25, 0.3) is 6.08 Å². The van der Waals surface area contributed by atoms with Gasteiger partial charge in [-0.2, -0.15) is 0 Å². The number of hydrogen-bond acceptors (Lipinski definition) is 4. The summed E-state index contributed by atoms with van der Waals surface area (Å²) in [5.74, 6) is -2.24. The van der Waals surface area contributed by atoms with Crippen LogP contribution < -0.4 is 10.2 Å². The average molecular weight is 377 g/mol. The molecule has 0 aliphatic carbocycles. The van der Waals surface area contributed by atoms with E-state index in [1.165, 1.54) is 42.5 Å². The maximum atomic E-state index is 14.0. The van der Waals surface area contributed by atoms with Gasteiger partial charge in [0.2, 0.25) is 0 Å². The summed E-state index contributed by atoms with van der Waals surface area (Å²) in [6.45, 7) is 0. The highest BCUT2D eigenvalue weighted by Crippen LogP contribution is 2.27. The molecule has 3 rings (SSSR count). The number of carbonyl (C=O) groups excluding carboxylic acids is 2. The van der Waals surface area contributed by atoms with Crippen molar-refractivity contribution in [2.45, 2.75) is 0 Å². The van der Waals surface area contributed by atoms with Crippen LogP contribution in [0.1, 0.15) is 5.56 Å². The van der Waals surface area contributed by atoms with Crippen molar-refractivity contribution in [1.29, 1.82) is 0 Å². The minimum Gasteiger partial charge on any atom is -0.506 e. The zero-order valence-electron chi connectivity index (χ0n) is 12.5. The second-order valence-corrected chi connectivity index (χ2v) is 5.91. The van der Waals surface area contributed by atoms with Gasteiger partial charge in [0, 0.05) is 0 Å². The van der Waals surface area contributed by atoms with E-state index in [4.69, 9.17) is 23.8 Å². The molecule has 0 bridgehead atoms. The Bertz CT molecular complexity index is 945. The Hall–Kier alpha value is -2.77. The average Bonchev–Trinajstić information content (AvgIpc) is 2.56. The van der Waals surface area contributed by atoms with E-state index in [-0.39, 0.29) is 27.1 Å². The Morgan fingerprint density at radius 2 is 1.92 bits per heavy atom. The zero-order chi connectivity index (χ0) is 18.1. The monoisotopic (exact) mass is 376 g/mol. The van der Waals surface area contributed by atoms with E-state index in [0.29, 0.717) is 5.56 Å². The summed E-state index contributed by atoms with van der Waals surface area (Å²) in [7, 11) is 0. The molecule has 2 N–H and O–H groups in total. The molecule has 1 heterocycles. The van der Waals surface area contributed by atoms with Gasteiger partial charge in [-0.15, -0.1) is 0 Å². The molecule has 2 amide bonds. The molecule has 0 atom stereocenters. The van der Waals surface area contributed by atoms with Gasteiger partial charge in [0.1, 0.15) is 17.1 Å². The van der Waals surface area contributed by atoms with Crippen LogP contribution in [0.2, 0.25) is 5.02 Å². The molecule has 1 aliphatic rings. The van der Waals surface area contributed by atoms with Crippen molar-refractivity contribution in [3.8, 4) is 5.75 Å². The van der Waals surface area contributed by atoms with Crippen molar-refractivity contribution in [2.24, 2.45) is 0 Å². The van der Waals surface area contributed by atoms with Gasteiger partial charge in [-0.25, -0.2) is 9.29 Å². The third kappa shape index (κ3) is 3.24. The van der Waals surface area contributed by atoms with Crippen LogP contribution in [0.3, 0.4) is 0 Å². The molecular weight excluding hydrogens is 367 g/mol. The van der Waals surface area contributed by atoms with Gasteiger partial charge in [0.05, 0.1) is 10.7 Å². The van der Waals surface area contributed by atoms with Gasteiger partial charge in [-0.3, -0.25) is 14.9 Å². The summed E-state index contributed by atoms with van der Waals surface area (Å²) in [5.41, 5.74) is 0.119. The lowest BCUT2D eigenvalue weighted by Gasteiger charge is -2.29. The van der Waals surface area contributed by atoms with Crippen LogP contribution in [0.15, 0.2) is 48.0 Å². The number of aromatic hydroxyl groups is 1. The minimum absolute atomic E-state index is 0.0628. The van der Waals surface area contributed by atoms with Crippen LogP contribution >= 0.6 is 23.8 Å². The highest BCUT2D eigenvalue weighted by atomic mass is 35.5. The lowest BCUT2D eigenvalue weighted by molar-refractivity contribution is -0.122. The topological polar surface area (TPSA) is 69.6 Å². The van der Waals surface area contributed by atoms with Crippen LogP contribution in [0, 0.1) is 5.82 Å². The number of carbonyl (C=O) groups is 2. The number of phenolic OH excluding ortho intramolecular Hbond substituents is 1. The largest absolute Gasteiger partial charge is 0.506 e. The molecule has 126 valence electrons. The smallest absolute Gasteiger partial charge is 0.270 e. The van der Waals surface area contributed by atoms with Gasteiger partial charge in [-0.05, 0) is 48.1 Å². The molecule has 0 saturated carbocycles. The Morgan fingerprint density at radius 3 is 2.60 bits per heavy atom. The predicted molar refractivity (Wildman–Crippen MR) is 95.7 cm³/mol. The van der Waals surface area contributed by atoms with Crippen molar-refractivity contribution in [1.82, 2.24) is 5.32 Å². The first-order chi connectivity index (χ1) is 11.9. The van der Waals surface area contributed by atoms with E-state index in [9.17, 15) is 19.1 Å². The molecule has 0 spiro atoms. The summed E-state index contributed by atoms with van der Waals surface area (Å²) in [4.78, 5) is 25.8.